The van der Waals surface area contributed by atoms with E-state index in [1.165, 1.54) is 0 Å². The van der Waals surface area contributed by atoms with Crippen molar-refractivity contribution in [1.29, 1.82) is 0 Å². The minimum atomic E-state index is -1.57. The predicted octanol–water partition coefficient (Wildman–Crippen LogP) is -1.29. The third-order valence-electron chi connectivity index (χ3n) is 3.40. The third kappa shape index (κ3) is 3.93. The molecule has 1 aromatic carbocycles. The third-order valence-corrected chi connectivity index (χ3v) is 3.40. The highest BCUT2D eigenvalue weighted by Crippen LogP contribution is 2.19. The summed E-state index contributed by atoms with van der Waals surface area (Å²) >= 11 is 0. The molecule has 8 heteroatoms. The van der Waals surface area contributed by atoms with Gasteiger partial charge in [0.1, 0.15) is 31.0 Å². The van der Waals surface area contributed by atoms with Gasteiger partial charge < -0.3 is 35.2 Å². The second kappa shape index (κ2) is 7.52. The maximum Gasteiger partial charge on any atom is 0.407 e. The fourth-order valence-electron chi connectivity index (χ4n) is 2.15. The highest BCUT2D eigenvalue weighted by atomic mass is 16.6. The molecular formula is C14H19NO7. The maximum absolute atomic E-state index is 11.7. The van der Waals surface area contributed by atoms with Crippen LogP contribution in [0.4, 0.5) is 4.79 Å². The van der Waals surface area contributed by atoms with Crippen LogP contribution in [0.2, 0.25) is 0 Å². The van der Waals surface area contributed by atoms with Crippen LogP contribution in [0.1, 0.15) is 5.56 Å². The maximum atomic E-state index is 11.7. The van der Waals surface area contributed by atoms with Gasteiger partial charge >= 0.3 is 6.09 Å². The van der Waals surface area contributed by atoms with Gasteiger partial charge in [0.05, 0.1) is 6.61 Å². The average molecular weight is 313 g/mol. The van der Waals surface area contributed by atoms with E-state index in [0.717, 1.165) is 5.56 Å². The molecule has 0 radical (unpaired) electrons. The van der Waals surface area contributed by atoms with Crippen molar-refractivity contribution in [3.8, 4) is 0 Å². The number of nitrogens with one attached hydrogen (secondary N) is 1. The Bertz CT molecular complexity index is 483. The molecule has 1 fully saturated rings. The molecule has 5 atom stereocenters. The summed E-state index contributed by atoms with van der Waals surface area (Å²) in [5.41, 5.74) is 0.777. The van der Waals surface area contributed by atoms with Crippen molar-refractivity contribution in [2.45, 2.75) is 37.3 Å². The summed E-state index contributed by atoms with van der Waals surface area (Å²) in [4.78, 5) is 11.7. The summed E-state index contributed by atoms with van der Waals surface area (Å²) in [7, 11) is 0. The molecule has 1 aliphatic rings. The molecule has 1 heterocycles. The van der Waals surface area contributed by atoms with E-state index in [-0.39, 0.29) is 6.61 Å². The number of amides is 1. The molecule has 1 amide bonds. The molecule has 0 saturated carbocycles. The number of benzene rings is 1. The van der Waals surface area contributed by atoms with Crippen LogP contribution < -0.4 is 5.32 Å². The van der Waals surface area contributed by atoms with Gasteiger partial charge in [0, 0.05) is 0 Å². The largest absolute Gasteiger partial charge is 0.445 e. The van der Waals surface area contributed by atoms with E-state index in [2.05, 4.69) is 5.32 Å². The number of hydrogen-bond acceptors (Lipinski definition) is 7. The summed E-state index contributed by atoms with van der Waals surface area (Å²) in [6.45, 7) is -0.547. The van der Waals surface area contributed by atoms with E-state index < -0.39 is 43.3 Å². The molecule has 1 aromatic rings. The highest BCUT2D eigenvalue weighted by molar-refractivity contribution is 5.67. The molecule has 1 aliphatic heterocycles. The van der Waals surface area contributed by atoms with Crippen molar-refractivity contribution in [3.63, 3.8) is 0 Å². The summed E-state index contributed by atoms with van der Waals surface area (Å²) < 4.78 is 9.88. The molecular weight excluding hydrogens is 294 g/mol. The van der Waals surface area contributed by atoms with E-state index in [0.29, 0.717) is 0 Å². The monoisotopic (exact) mass is 313 g/mol. The zero-order valence-corrected chi connectivity index (χ0v) is 11.7. The lowest BCUT2D eigenvalue weighted by Crippen LogP contribution is -2.64. The smallest absolute Gasteiger partial charge is 0.407 e. The lowest BCUT2D eigenvalue weighted by atomic mass is 9.97. The first-order chi connectivity index (χ1) is 10.5. The van der Waals surface area contributed by atoms with Gasteiger partial charge in [-0.1, -0.05) is 30.3 Å². The first kappa shape index (κ1) is 16.7. The number of aliphatic hydroxyl groups is 4. The summed E-state index contributed by atoms with van der Waals surface area (Å²) in [6, 6.07) is 7.71. The number of rotatable bonds is 4. The van der Waals surface area contributed by atoms with Crippen LogP contribution in [-0.2, 0) is 16.1 Å². The first-order valence-corrected chi connectivity index (χ1v) is 6.80. The molecule has 0 bridgehead atoms. The number of aliphatic hydroxyl groups excluding tert-OH is 4. The Morgan fingerprint density at radius 3 is 2.50 bits per heavy atom. The van der Waals surface area contributed by atoms with Gasteiger partial charge in [0.2, 0.25) is 0 Å². The molecule has 22 heavy (non-hydrogen) atoms. The summed E-state index contributed by atoms with van der Waals surface area (Å²) in [5.74, 6) is 0. The molecule has 8 nitrogen and oxygen atoms in total. The Morgan fingerprint density at radius 1 is 1.18 bits per heavy atom. The SMILES string of the molecule is O=C(N[C@@H]1[C@@H](O)[C@@H](O)[C@@H](CO)O[C@H]1O)OCc1ccccc1. The van der Waals surface area contributed by atoms with Crippen LogP contribution in [0.15, 0.2) is 30.3 Å². The van der Waals surface area contributed by atoms with Gasteiger partial charge in [-0.15, -0.1) is 0 Å². The van der Waals surface area contributed by atoms with E-state index in [1.807, 2.05) is 6.07 Å². The Balaban J connectivity index is 1.87. The molecule has 2 rings (SSSR count). The quantitative estimate of drug-likeness (QED) is 0.468. The number of alkyl carbamates (subject to hydrolysis) is 1. The van der Waals surface area contributed by atoms with Crippen molar-refractivity contribution in [2.75, 3.05) is 6.61 Å². The minimum Gasteiger partial charge on any atom is -0.445 e. The van der Waals surface area contributed by atoms with Crippen molar-refractivity contribution in [1.82, 2.24) is 5.32 Å². The van der Waals surface area contributed by atoms with Gasteiger partial charge in [-0.2, -0.15) is 0 Å². The van der Waals surface area contributed by atoms with Crippen LogP contribution in [0.5, 0.6) is 0 Å². The molecule has 0 aromatic heterocycles. The van der Waals surface area contributed by atoms with E-state index >= 15 is 0 Å². The number of carbonyl (C=O) groups is 1. The van der Waals surface area contributed by atoms with Crippen LogP contribution in [0, 0.1) is 0 Å². The standard InChI is InChI=1S/C14H19NO7/c16-6-9-11(17)12(18)10(13(19)22-9)15-14(20)21-7-8-4-2-1-3-5-8/h1-5,9-13,16-19H,6-7H2,(H,15,20)/t9-,10-,11+,12-,13-/m1/s1. The van der Waals surface area contributed by atoms with E-state index in [9.17, 15) is 20.1 Å². The average Bonchev–Trinajstić information content (AvgIpc) is 2.54. The second-order valence-electron chi connectivity index (χ2n) is 4.96. The number of hydrogen-bond donors (Lipinski definition) is 5. The molecule has 0 spiro atoms. The van der Waals surface area contributed by atoms with Crippen LogP contribution in [0.3, 0.4) is 0 Å². The van der Waals surface area contributed by atoms with E-state index in [4.69, 9.17) is 14.6 Å². The Labute approximate surface area is 126 Å². The van der Waals surface area contributed by atoms with Crippen molar-refractivity contribution < 1.29 is 34.7 Å². The molecule has 1 saturated heterocycles. The molecule has 0 aliphatic carbocycles. The lowest BCUT2D eigenvalue weighted by Gasteiger charge is -2.39. The zero-order valence-electron chi connectivity index (χ0n) is 11.7. The van der Waals surface area contributed by atoms with Crippen molar-refractivity contribution >= 4 is 6.09 Å². The Hall–Kier alpha value is -1.71. The zero-order chi connectivity index (χ0) is 16.1. The normalized spacial score (nSPS) is 31.5. The Kier molecular flexibility index (Phi) is 5.69. The molecule has 5 N–H and O–H groups in total. The van der Waals surface area contributed by atoms with Gasteiger partial charge in [-0.3, -0.25) is 0 Å². The van der Waals surface area contributed by atoms with Gasteiger partial charge in [-0.05, 0) is 5.56 Å². The molecule has 122 valence electrons. The molecule has 0 unspecified atom stereocenters. The fourth-order valence-corrected chi connectivity index (χ4v) is 2.15. The van der Waals surface area contributed by atoms with Crippen LogP contribution in [0.25, 0.3) is 0 Å². The Morgan fingerprint density at radius 2 is 1.86 bits per heavy atom. The highest BCUT2D eigenvalue weighted by Gasteiger charge is 2.44. The summed E-state index contributed by atoms with van der Waals surface area (Å²) in [5, 5.41) is 40.5. The number of ether oxygens (including phenoxy) is 2. The lowest BCUT2D eigenvalue weighted by molar-refractivity contribution is -0.253. The number of carbonyl (C=O) groups excluding carboxylic acids is 1. The van der Waals surface area contributed by atoms with Gasteiger partial charge in [-0.25, -0.2) is 4.79 Å². The fraction of sp³-hybridized carbons (Fsp3) is 0.500. The van der Waals surface area contributed by atoms with Crippen LogP contribution >= 0.6 is 0 Å². The minimum absolute atomic E-state index is 0.0221. The second-order valence-corrected chi connectivity index (χ2v) is 4.96. The predicted molar refractivity (Wildman–Crippen MR) is 73.5 cm³/mol. The van der Waals surface area contributed by atoms with Crippen molar-refractivity contribution in [2.24, 2.45) is 0 Å². The topological polar surface area (TPSA) is 128 Å². The van der Waals surface area contributed by atoms with Crippen LogP contribution in [-0.4, -0.2) is 63.8 Å². The van der Waals surface area contributed by atoms with Gasteiger partial charge in [0.25, 0.3) is 0 Å². The van der Waals surface area contributed by atoms with Crippen molar-refractivity contribution in [3.05, 3.63) is 35.9 Å². The first-order valence-electron chi connectivity index (χ1n) is 6.80. The van der Waals surface area contributed by atoms with Gasteiger partial charge in [0.15, 0.2) is 6.29 Å². The summed E-state index contributed by atoms with van der Waals surface area (Å²) in [6.07, 6.45) is -6.49. The van der Waals surface area contributed by atoms with E-state index in [1.54, 1.807) is 24.3 Å².